The van der Waals surface area contributed by atoms with Gasteiger partial charge >= 0.3 is 0 Å². The minimum Gasteiger partial charge on any atom is -0.384 e. The molecule has 0 radical (unpaired) electrons. The summed E-state index contributed by atoms with van der Waals surface area (Å²) in [6.45, 7) is 0. The number of nitrogens with zero attached hydrogens (tertiary/aromatic N) is 3. The largest absolute Gasteiger partial charge is 0.384 e. The lowest BCUT2D eigenvalue weighted by atomic mass is 10.1. The van der Waals surface area contributed by atoms with E-state index in [9.17, 15) is 0 Å². The molecule has 2 aromatic heterocycles. The van der Waals surface area contributed by atoms with E-state index in [-0.39, 0.29) is 0 Å². The van der Waals surface area contributed by atoms with Crippen LogP contribution in [0.3, 0.4) is 0 Å². The number of aromatic nitrogens is 3. The minimum absolute atomic E-state index is 0.331. The molecule has 3 aromatic rings. The van der Waals surface area contributed by atoms with E-state index in [1.54, 1.807) is 30.3 Å². The molecule has 7 heteroatoms. The van der Waals surface area contributed by atoms with Crippen molar-refractivity contribution in [2.75, 3.05) is 5.73 Å². The van der Waals surface area contributed by atoms with Gasteiger partial charge in [-0.3, -0.25) is 0 Å². The molecule has 0 fully saturated rings. The van der Waals surface area contributed by atoms with Crippen LogP contribution < -0.4 is 5.73 Å². The number of rotatable bonds is 3. The molecule has 2 heterocycles. The van der Waals surface area contributed by atoms with E-state index >= 15 is 0 Å². The molecule has 2 N–H and O–H groups in total. The summed E-state index contributed by atoms with van der Waals surface area (Å²) in [6, 6.07) is 10.6. The van der Waals surface area contributed by atoms with Crippen molar-refractivity contribution in [3.63, 3.8) is 0 Å². The summed E-state index contributed by atoms with van der Waals surface area (Å²) in [5.74, 6) is 1.27. The van der Waals surface area contributed by atoms with Crippen molar-refractivity contribution in [3.8, 4) is 11.6 Å². The summed E-state index contributed by atoms with van der Waals surface area (Å²) >= 11 is 11.9. The van der Waals surface area contributed by atoms with Crippen molar-refractivity contribution in [2.45, 2.75) is 6.42 Å². The van der Waals surface area contributed by atoms with Gasteiger partial charge in [0.2, 0.25) is 0 Å². The maximum Gasteiger partial charge on any atom is 0.276 e. The zero-order valence-electron chi connectivity index (χ0n) is 10.8. The van der Waals surface area contributed by atoms with Crippen LogP contribution in [0.4, 0.5) is 5.82 Å². The molecule has 0 unspecified atom stereocenters. The van der Waals surface area contributed by atoms with Gasteiger partial charge in [-0.1, -0.05) is 40.5 Å². The second-order valence-electron chi connectivity index (χ2n) is 4.39. The van der Waals surface area contributed by atoms with E-state index < -0.39 is 0 Å². The van der Waals surface area contributed by atoms with Gasteiger partial charge < -0.3 is 10.3 Å². The van der Waals surface area contributed by atoms with Crippen LogP contribution >= 0.6 is 23.2 Å². The average Bonchev–Trinajstić information content (AvgIpc) is 2.91. The smallest absolute Gasteiger partial charge is 0.276 e. The van der Waals surface area contributed by atoms with Crippen molar-refractivity contribution < 1.29 is 4.52 Å². The first-order valence-electron chi connectivity index (χ1n) is 6.11. The highest BCUT2D eigenvalue weighted by Gasteiger charge is 2.11. The first-order chi connectivity index (χ1) is 10.1. The van der Waals surface area contributed by atoms with Crippen LogP contribution in [-0.4, -0.2) is 15.1 Å². The van der Waals surface area contributed by atoms with Crippen molar-refractivity contribution >= 4 is 29.0 Å². The highest BCUT2D eigenvalue weighted by Crippen LogP contribution is 2.24. The summed E-state index contributed by atoms with van der Waals surface area (Å²) < 4.78 is 5.19. The molecule has 0 spiro atoms. The van der Waals surface area contributed by atoms with Crippen LogP contribution in [0.5, 0.6) is 0 Å². The zero-order chi connectivity index (χ0) is 14.8. The summed E-state index contributed by atoms with van der Waals surface area (Å²) in [6.07, 6.45) is 0.489. The molecule has 0 aliphatic rings. The molecule has 5 nitrogen and oxygen atoms in total. The Balaban J connectivity index is 1.83. The Morgan fingerprint density at radius 2 is 1.90 bits per heavy atom. The van der Waals surface area contributed by atoms with Crippen molar-refractivity contribution in [1.82, 2.24) is 15.1 Å². The third-order valence-corrected chi connectivity index (χ3v) is 3.54. The lowest BCUT2D eigenvalue weighted by Gasteiger charge is -1.99. The Kier molecular flexibility index (Phi) is 3.77. The number of hydrogen-bond acceptors (Lipinski definition) is 5. The molecule has 0 saturated heterocycles. The highest BCUT2D eigenvalue weighted by atomic mass is 35.5. The molecular weight excluding hydrogens is 311 g/mol. The van der Waals surface area contributed by atoms with Crippen molar-refractivity contribution in [3.05, 3.63) is 57.8 Å². The van der Waals surface area contributed by atoms with E-state index in [1.165, 1.54) is 0 Å². The first-order valence-corrected chi connectivity index (χ1v) is 6.87. The molecule has 0 aliphatic carbocycles. The molecule has 0 aliphatic heterocycles. The van der Waals surface area contributed by atoms with Crippen LogP contribution in [0.15, 0.2) is 40.9 Å². The molecule has 1 aromatic carbocycles. The lowest BCUT2D eigenvalue weighted by Crippen LogP contribution is -1.93. The predicted molar refractivity (Wildman–Crippen MR) is 81.2 cm³/mol. The number of pyridine rings is 1. The standard InChI is InChI=1S/C14H10Cl2N4O/c15-9-5-4-8(6-10(9)16)7-13-19-14(21-20-13)11-2-1-3-12(17)18-11/h1-6H,7H2,(H2,17,18). The van der Waals surface area contributed by atoms with Crippen LogP contribution in [0.1, 0.15) is 11.4 Å². The second kappa shape index (κ2) is 5.71. The number of nitrogens with two attached hydrogens (primary N) is 1. The molecule has 3 rings (SSSR count). The zero-order valence-corrected chi connectivity index (χ0v) is 12.3. The average molecular weight is 321 g/mol. The predicted octanol–water partition coefficient (Wildman–Crippen LogP) is 3.61. The molecule has 0 bridgehead atoms. The van der Waals surface area contributed by atoms with Gasteiger partial charge in [0.05, 0.1) is 10.0 Å². The van der Waals surface area contributed by atoms with Gasteiger partial charge in [-0.15, -0.1) is 0 Å². The van der Waals surface area contributed by atoms with Crippen LogP contribution in [0.2, 0.25) is 10.0 Å². The van der Waals surface area contributed by atoms with Gasteiger partial charge in [0.1, 0.15) is 11.5 Å². The Bertz CT molecular complexity index is 788. The molecule has 0 saturated carbocycles. The van der Waals surface area contributed by atoms with Crippen LogP contribution in [0.25, 0.3) is 11.6 Å². The quantitative estimate of drug-likeness (QED) is 0.797. The number of hydrogen-bond donors (Lipinski definition) is 1. The minimum atomic E-state index is 0.331. The highest BCUT2D eigenvalue weighted by molar-refractivity contribution is 6.42. The van der Waals surface area contributed by atoms with E-state index in [0.29, 0.717) is 39.7 Å². The van der Waals surface area contributed by atoms with Gasteiger partial charge in [-0.25, -0.2) is 4.98 Å². The van der Waals surface area contributed by atoms with Gasteiger partial charge in [0.25, 0.3) is 5.89 Å². The molecule has 0 atom stereocenters. The van der Waals surface area contributed by atoms with Crippen molar-refractivity contribution in [1.29, 1.82) is 0 Å². The third kappa shape index (κ3) is 3.15. The fourth-order valence-electron chi connectivity index (χ4n) is 1.83. The molecular formula is C14H10Cl2N4O. The number of benzene rings is 1. The maximum atomic E-state index is 5.98. The third-order valence-electron chi connectivity index (χ3n) is 2.80. The van der Waals surface area contributed by atoms with E-state index in [1.807, 2.05) is 6.07 Å². The van der Waals surface area contributed by atoms with Crippen LogP contribution in [0, 0.1) is 0 Å². The first kappa shape index (κ1) is 13.9. The normalized spacial score (nSPS) is 10.8. The monoisotopic (exact) mass is 320 g/mol. The van der Waals surface area contributed by atoms with Gasteiger partial charge in [-0.2, -0.15) is 4.98 Å². The Morgan fingerprint density at radius 3 is 2.67 bits per heavy atom. The van der Waals surface area contributed by atoms with Crippen LogP contribution in [-0.2, 0) is 6.42 Å². The number of nitrogen functional groups attached to an aromatic ring is 1. The van der Waals surface area contributed by atoms with Crippen molar-refractivity contribution in [2.24, 2.45) is 0 Å². The summed E-state index contributed by atoms with van der Waals surface area (Å²) in [7, 11) is 0. The van der Waals surface area contributed by atoms with E-state index in [2.05, 4.69) is 15.1 Å². The summed E-state index contributed by atoms with van der Waals surface area (Å²) in [4.78, 5) is 8.43. The molecule has 106 valence electrons. The van der Waals surface area contributed by atoms with E-state index in [0.717, 1.165) is 5.56 Å². The second-order valence-corrected chi connectivity index (χ2v) is 5.20. The molecule has 21 heavy (non-hydrogen) atoms. The number of halogens is 2. The molecule has 0 amide bonds. The topological polar surface area (TPSA) is 77.8 Å². The van der Waals surface area contributed by atoms with E-state index in [4.69, 9.17) is 33.5 Å². The van der Waals surface area contributed by atoms with Gasteiger partial charge in [0, 0.05) is 6.42 Å². The van der Waals surface area contributed by atoms with Gasteiger partial charge in [0.15, 0.2) is 5.82 Å². The fourth-order valence-corrected chi connectivity index (χ4v) is 2.15. The SMILES string of the molecule is Nc1cccc(-c2nc(Cc3ccc(Cl)c(Cl)c3)no2)n1. The van der Waals surface area contributed by atoms with Gasteiger partial charge in [-0.05, 0) is 29.8 Å². The Hall–Kier alpha value is -2.11. The number of anilines is 1. The maximum absolute atomic E-state index is 5.98. The Labute approximate surface area is 130 Å². The Morgan fingerprint density at radius 1 is 1.05 bits per heavy atom. The summed E-state index contributed by atoms with van der Waals surface area (Å²) in [5.41, 5.74) is 7.12. The lowest BCUT2D eigenvalue weighted by molar-refractivity contribution is 0.422. The summed E-state index contributed by atoms with van der Waals surface area (Å²) in [5, 5.41) is 4.93. The fraction of sp³-hybridized carbons (Fsp3) is 0.0714.